The van der Waals surface area contributed by atoms with Crippen LogP contribution in [0.2, 0.25) is 0 Å². The van der Waals surface area contributed by atoms with E-state index in [-0.39, 0.29) is 0 Å². The number of carbonyl (C=O) groups is 1. The Morgan fingerprint density at radius 1 is 0.931 bits per heavy atom. The molecule has 0 radical (unpaired) electrons. The van der Waals surface area contributed by atoms with Crippen LogP contribution in [0.3, 0.4) is 0 Å². The first-order chi connectivity index (χ1) is 13.7. The van der Waals surface area contributed by atoms with E-state index in [0.717, 1.165) is 48.9 Å². The van der Waals surface area contributed by atoms with Gasteiger partial charge in [-0.3, -0.25) is 4.79 Å². The van der Waals surface area contributed by atoms with Crippen molar-refractivity contribution in [3.8, 4) is 0 Å². The van der Waals surface area contributed by atoms with Crippen molar-refractivity contribution in [2.75, 3.05) is 0 Å². The summed E-state index contributed by atoms with van der Waals surface area (Å²) in [7, 11) is 0. The molecule has 4 aliphatic carbocycles. The van der Waals surface area contributed by atoms with E-state index < -0.39 is 0 Å². The van der Waals surface area contributed by atoms with Gasteiger partial charge in [0.05, 0.1) is 0 Å². The molecule has 0 saturated heterocycles. The molecule has 29 heavy (non-hydrogen) atoms. The number of ketones is 1. The molecule has 7 atom stereocenters. The lowest BCUT2D eigenvalue weighted by molar-refractivity contribution is -0.127. The van der Waals surface area contributed by atoms with E-state index in [1.807, 2.05) is 11.1 Å². The molecule has 4 unspecified atom stereocenters. The topological polar surface area (TPSA) is 17.1 Å². The average Bonchev–Trinajstić information content (AvgIpc) is 3.03. The van der Waals surface area contributed by atoms with E-state index in [0.29, 0.717) is 22.5 Å². The zero-order valence-corrected chi connectivity index (χ0v) is 20.2. The fraction of sp³-hybridized carbons (Fsp3) is 0.893. The second-order valence-electron chi connectivity index (χ2n) is 12.4. The average molecular weight is 399 g/mol. The first-order valence-corrected chi connectivity index (χ1v) is 12.9. The van der Waals surface area contributed by atoms with Crippen LogP contribution in [0.1, 0.15) is 112 Å². The maximum absolute atomic E-state index is 12.1. The maximum atomic E-state index is 12.1. The summed E-state index contributed by atoms with van der Waals surface area (Å²) in [5.41, 5.74) is 4.67. The zero-order valence-electron chi connectivity index (χ0n) is 20.2. The van der Waals surface area contributed by atoms with Crippen LogP contribution < -0.4 is 0 Å². The maximum Gasteiger partial charge on any atom is 0.133 e. The third kappa shape index (κ3) is 3.57. The monoisotopic (exact) mass is 398 g/mol. The summed E-state index contributed by atoms with van der Waals surface area (Å²) in [6.07, 6.45) is 13.9. The number of allylic oxidation sites excluding steroid dienone is 2. The highest BCUT2D eigenvalue weighted by Crippen LogP contribution is 2.65. The van der Waals surface area contributed by atoms with Crippen molar-refractivity contribution in [1.82, 2.24) is 0 Å². The van der Waals surface area contributed by atoms with Crippen molar-refractivity contribution in [2.45, 2.75) is 112 Å². The first kappa shape index (κ1) is 21.6. The highest BCUT2D eigenvalue weighted by molar-refractivity contribution is 5.79. The smallest absolute Gasteiger partial charge is 0.133 e. The van der Waals surface area contributed by atoms with Gasteiger partial charge >= 0.3 is 0 Å². The van der Waals surface area contributed by atoms with E-state index in [9.17, 15) is 4.79 Å². The van der Waals surface area contributed by atoms with Gasteiger partial charge < -0.3 is 0 Å². The largest absolute Gasteiger partial charge is 0.300 e. The fourth-order valence-electron chi connectivity index (χ4n) is 8.29. The van der Waals surface area contributed by atoms with Gasteiger partial charge in [-0.2, -0.15) is 0 Å². The molecule has 0 aromatic rings. The van der Waals surface area contributed by atoms with Crippen LogP contribution in [0.5, 0.6) is 0 Å². The van der Waals surface area contributed by atoms with Crippen LogP contribution in [0.4, 0.5) is 0 Å². The molecular weight excluding hydrogens is 352 g/mol. The summed E-state index contributed by atoms with van der Waals surface area (Å²) in [6, 6.07) is 0. The summed E-state index contributed by atoms with van der Waals surface area (Å²) < 4.78 is 0. The van der Waals surface area contributed by atoms with E-state index in [4.69, 9.17) is 0 Å². The number of rotatable bonds is 5. The van der Waals surface area contributed by atoms with Crippen LogP contribution in [0.25, 0.3) is 0 Å². The minimum Gasteiger partial charge on any atom is -0.300 e. The lowest BCUT2D eigenvalue weighted by Gasteiger charge is -2.56. The van der Waals surface area contributed by atoms with Crippen molar-refractivity contribution >= 4 is 5.78 Å². The van der Waals surface area contributed by atoms with Gasteiger partial charge in [0.2, 0.25) is 0 Å². The van der Waals surface area contributed by atoms with Crippen molar-refractivity contribution < 1.29 is 4.79 Å². The Kier molecular flexibility index (Phi) is 5.84. The Labute approximate surface area is 180 Å². The predicted molar refractivity (Wildman–Crippen MR) is 123 cm³/mol. The summed E-state index contributed by atoms with van der Waals surface area (Å²) >= 11 is 0. The molecule has 4 aliphatic rings. The van der Waals surface area contributed by atoms with Crippen molar-refractivity contribution in [1.29, 1.82) is 0 Å². The Morgan fingerprint density at radius 2 is 1.69 bits per heavy atom. The van der Waals surface area contributed by atoms with Gasteiger partial charge in [-0.25, -0.2) is 0 Å². The van der Waals surface area contributed by atoms with E-state index in [1.165, 1.54) is 51.4 Å². The van der Waals surface area contributed by atoms with Gasteiger partial charge in [-0.05, 0) is 91.3 Å². The zero-order chi connectivity index (χ0) is 21.0. The number of carbonyl (C=O) groups excluding carboxylic acids is 1. The standard InChI is InChI=1S/C28H46O/c1-18(2)19(3)7-8-20(4)24-11-12-25-23-10-9-21-17-22(29)13-15-27(21,5)26(23)14-16-28(24,25)6/h18-21,24,26H,7-17H2,1-6H3/t19-,20+,21-,24?,26?,27?,28?/m0/s1. The second-order valence-corrected chi connectivity index (χ2v) is 12.4. The number of hydrogen-bond donors (Lipinski definition) is 0. The molecule has 0 spiro atoms. The SMILES string of the molecule is CC(C)[C@@H](C)CC[C@@H](C)C1CCC2=C3CC[C@H]4CC(=O)CCC4(C)C3CCC21C. The summed E-state index contributed by atoms with van der Waals surface area (Å²) in [4.78, 5) is 12.1. The van der Waals surface area contributed by atoms with Gasteiger partial charge in [0.25, 0.3) is 0 Å². The molecule has 3 saturated carbocycles. The molecule has 0 aromatic carbocycles. The molecule has 0 heterocycles. The van der Waals surface area contributed by atoms with Gasteiger partial charge in [-0.15, -0.1) is 0 Å². The predicted octanol–water partition coefficient (Wildman–Crippen LogP) is 7.99. The molecular formula is C28H46O. The van der Waals surface area contributed by atoms with Gasteiger partial charge in [0.15, 0.2) is 0 Å². The Morgan fingerprint density at radius 3 is 2.41 bits per heavy atom. The number of Topliss-reactive ketones (excluding diaryl/α,β-unsaturated/α-hetero) is 1. The van der Waals surface area contributed by atoms with Crippen LogP contribution >= 0.6 is 0 Å². The van der Waals surface area contributed by atoms with E-state index in [1.54, 1.807) is 0 Å². The first-order valence-electron chi connectivity index (χ1n) is 12.9. The number of hydrogen-bond acceptors (Lipinski definition) is 1. The Balaban J connectivity index is 1.54. The van der Waals surface area contributed by atoms with Gasteiger partial charge in [-0.1, -0.05) is 65.5 Å². The van der Waals surface area contributed by atoms with Crippen LogP contribution in [-0.4, -0.2) is 5.78 Å². The minimum absolute atomic E-state index is 0.409. The Bertz CT molecular complexity index is 672. The molecule has 1 nitrogen and oxygen atoms in total. The minimum atomic E-state index is 0.409. The lowest BCUT2D eigenvalue weighted by atomic mass is 9.49. The summed E-state index contributed by atoms with van der Waals surface area (Å²) in [6.45, 7) is 15.0. The lowest BCUT2D eigenvalue weighted by Crippen LogP contribution is -2.47. The highest BCUT2D eigenvalue weighted by atomic mass is 16.1. The summed E-state index contributed by atoms with van der Waals surface area (Å²) in [5, 5.41) is 0. The van der Waals surface area contributed by atoms with Crippen LogP contribution in [0.15, 0.2) is 11.1 Å². The van der Waals surface area contributed by atoms with Crippen LogP contribution in [-0.2, 0) is 4.79 Å². The van der Waals surface area contributed by atoms with Crippen molar-refractivity contribution in [3.05, 3.63) is 11.1 Å². The second kappa shape index (κ2) is 7.83. The molecule has 3 fully saturated rings. The number of fused-ring (bicyclic) bond motifs is 4. The third-order valence-electron chi connectivity index (χ3n) is 10.8. The van der Waals surface area contributed by atoms with E-state index >= 15 is 0 Å². The molecule has 0 aromatic heterocycles. The molecule has 0 amide bonds. The normalized spacial score (nSPS) is 41.8. The summed E-state index contributed by atoms with van der Waals surface area (Å²) in [5.74, 6) is 5.40. The van der Waals surface area contributed by atoms with Gasteiger partial charge in [0.1, 0.15) is 5.78 Å². The Hall–Kier alpha value is -0.590. The molecule has 1 heteroatoms. The van der Waals surface area contributed by atoms with Gasteiger partial charge in [0, 0.05) is 12.8 Å². The quantitative estimate of drug-likeness (QED) is 0.429. The third-order valence-corrected chi connectivity index (χ3v) is 10.8. The highest BCUT2D eigenvalue weighted by Gasteiger charge is 2.55. The van der Waals surface area contributed by atoms with Crippen molar-refractivity contribution in [3.63, 3.8) is 0 Å². The fourth-order valence-corrected chi connectivity index (χ4v) is 8.29. The van der Waals surface area contributed by atoms with E-state index in [2.05, 4.69) is 41.5 Å². The van der Waals surface area contributed by atoms with Crippen molar-refractivity contribution in [2.24, 2.45) is 46.3 Å². The molecule has 0 bridgehead atoms. The molecule has 164 valence electrons. The molecule has 0 aliphatic heterocycles. The van der Waals surface area contributed by atoms with Crippen LogP contribution in [0, 0.1) is 46.3 Å². The molecule has 4 rings (SSSR count). The molecule has 0 N–H and O–H groups in total.